The smallest absolute Gasteiger partial charge is 0.408 e. The third-order valence-corrected chi connectivity index (χ3v) is 14.7. The third kappa shape index (κ3) is 22.1. The maximum Gasteiger partial charge on any atom is 0.408 e. The van der Waals surface area contributed by atoms with Crippen LogP contribution in [0.1, 0.15) is 147 Å². The molecule has 5 atom stereocenters. The predicted octanol–water partition coefficient (Wildman–Crippen LogP) is 4.22. The van der Waals surface area contributed by atoms with Crippen LogP contribution in [0.2, 0.25) is 0 Å². The number of hydrogen-bond acceptors (Lipinski definition) is 15. The average Bonchev–Trinajstić information content (AvgIpc) is 3.43. The Bertz CT molecular complexity index is 2370. The number of nitrogens with one attached hydrogen (secondary N) is 6. The molecule has 0 saturated heterocycles. The third-order valence-electron chi connectivity index (χ3n) is 13.8. The quantitative estimate of drug-likeness (QED) is 0.0353. The van der Waals surface area contributed by atoms with Gasteiger partial charge in [-0.1, -0.05) is 69.5 Å². The Balaban J connectivity index is 1.32. The largest absolute Gasteiger partial charge is 0.507 e. The van der Waals surface area contributed by atoms with Crippen LogP contribution in [0.15, 0.2) is 48.5 Å². The summed E-state index contributed by atoms with van der Waals surface area (Å²) in [6.07, 6.45) is 7.69. The number of hydrogen-bond donors (Lipinski definition) is 8. The molecule has 3 aliphatic carbocycles. The molecular weight excluding hydrogens is 1130 g/mol. The number of phenolic OH excluding ortho intramolecular Hbond substituents is 1. The molecule has 0 aromatic heterocycles. The summed E-state index contributed by atoms with van der Waals surface area (Å²) in [5, 5.41) is 24.9. The molecule has 0 spiro atoms. The standard InChI is InChI=1S/C55H76IN7O15/c1-33(2)49(54(73)61-42(29-47(67)77-37-19-11-5-12-20-37)51(70)58-31-45(65)59-41(50(57)69)28-35-23-25-44(64)39(56)27-35)63-52(71)40(24-26-46(66)76-36-17-9-4-10-18-36)60-53(72)43(30-48(68)78-38-21-13-6-14-22-38)62-55(74)75-32-34-15-7-3-8-16-34/h3,7-8,15-16,23,25,27,33,36-38,40-43,49,64H,4-6,9-14,17-22,24,26,28-32H2,1-2H3,(H2,57,69)(H,58,70)(H,59,65)(H,60,72)(H,61,73)(H,62,74)(H,63,71)/t40-,41-,42-,43-,49-/m0/s1. The minimum atomic E-state index is -1.66. The summed E-state index contributed by atoms with van der Waals surface area (Å²) in [5.41, 5.74) is 6.81. The highest BCUT2D eigenvalue weighted by Gasteiger charge is 2.36. The summed E-state index contributed by atoms with van der Waals surface area (Å²) < 4.78 is 22.9. The van der Waals surface area contributed by atoms with Gasteiger partial charge < -0.3 is 61.7 Å². The van der Waals surface area contributed by atoms with Crippen molar-refractivity contribution in [1.82, 2.24) is 31.9 Å². The molecule has 0 heterocycles. The number of amides is 7. The fraction of sp³-hybridized carbons (Fsp3) is 0.600. The van der Waals surface area contributed by atoms with Gasteiger partial charge in [0.05, 0.1) is 23.0 Å². The van der Waals surface area contributed by atoms with E-state index in [0.29, 0.717) is 53.2 Å². The second-order valence-corrected chi connectivity index (χ2v) is 21.7. The lowest BCUT2D eigenvalue weighted by atomic mass is 9.97. The number of ether oxygens (including phenoxy) is 4. The number of rotatable bonds is 27. The molecule has 3 fully saturated rings. The molecule has 7 amide bonds. The summed E-state index contributed by atoms with van der Waals surface area (Å²) >= 11 is 1.91. The van der Waals surface area contributed by atoms with Crippen molar-refractivity contribution in [3.05, 3.63) is 63.2 Å². The van der Waals surface area contributed by atoms with E-state index in [9.17, 15) is 53.1 Å². The summed E-state index contributed by atoms with van der Waals surface area (Å²) in [6, 6.07) is 5.80. The van der Waals surface area contributed by atoms with E-state index >= 15 is 0 Å². The van der Waals surface area contributed by atoms with Crippen molar-refractivity contribution in [2.45, 2.75) is 197 Å². The van der Waals surface area contributed by atoms with Gasteiger partial charge >= 0.3 is 24.0 Å². The van der Waals surface area contributed by atoms with Crippen LogP contribution < -0.4 is 37.6 Å². The highest BCUT2D eigenvalue weighted by Crippen LogP contribution is 2.24. The van der Waals surface area contributed by atoms with Gasteiger partial charge in [0.15, 0.2) is 0 Å². The molecule has 428 valence electrons. The van der Waals surface area contributed by atoms with Crippen LogP contribution >= 0.6 is 22.6 Å². The minimum absolute atomic E-state index is 0.0220. The van der Waals surface area contributed by atoms with Crippen molar-refractivity contribution < 1.29 is 72.0 Å². The van der Waals surface area contributed by atoms with Gasteiger partial charge in [-0.3, -0.25) is 43.2 Å². The normalized spacial score (nSPS) is 17.1. The van der Waals surface area contributed by atoms with Crippen LogP contribution in [0.3, 0.4) is 0 Å². The topological polar surface area (TPSA) is 326 Å². The predicted molar refractivity (Wildman–Crippen MR) is 290 cm³/mol. The lowest BCUT2D eigenvalue weighted by Gasteiger charge is -2.28. The highest BCUT2D eigenvalue weighted by atomic mass is 127. The number of aromatic hydroxyl groups is 1. The van der Waals surface area contributed by atoms with Crippen LogP contribution in [0.4, 0.5) is 4.79 Å². The molecule has 0 aliphatic heterocycles. The van der Waals surface area contributed by atoms with E-state index in [-0.39, 0.29) is 43.8 Å². The van der Waals surface area contributed by atoms with Crippen LogP contribution in [0.25, 0.3) is 0 Å². The zero-order chi connectivity index (χ0) is 56.6. The Hall–Kier alpha value is -6.53. The van der Waals surface area contributed by atoms with Crippen molar-refractivity contribution in [2.75, 3.05) is 6.54 Å². The molecule has 22 nitrogen and oxygen atoms in total. The van der Waals surface area contributed by atoms with E-state index < -0.39 is 121 Å². The molecule has 3 aliphatic rings. The zero-order valence-electron chi connectivity index (χ0n) is 44.5. The van der Waals surface area contributed by atoms with Crippen molar-refractivity contribution in [3.8, 4) is 5.75 Å². The molecule has 0 bridgehead atoms. The lowest BCUT2D eigenvalue weighted by molar-refractivity contribution is -0.153. The van der Waals surface area contributed by atoms with Gasteiger partial charge in [0.25, 0.3) is 0 Å². The van der Waals surface area contributed by atoms with E-state index in [1.807, 2.05) is 22.6 Å². The summed E-state index contributed by atoms with van der Waals surface area (Å²) in [7, 11) is 0. The highest BCUT2D eigenvalue weighted by molar-refractivity contribution is 14.1. The lowest BCUT2D eigenvalue weighted by Crippen LogP contribution is -2.60. The van der Waals surface area contributed by atoms with E-state index in [4.69, 9.17) is 24.7 Å². The van der Waals surface area contributed by atoms with E-state index in [0.717, 1.165) is 57.8 Å². The molecule has 3 saturated carbocycles. The first-order valence-electron chi connectivity index (χ1n) is 27.1. The van der Waals surface area contributed by atoms with Crippen LogP contribution in [0.5, 0.6) is 5.75 Å². The summed E-state index contributed by atoms with van der Waals surface area (Å²) in [5.74, 6) is -8.52. The first-order chi connectivity index (χ1) is 37.3. The Kier molecular flexibility index (Phi) is 25.9. The molecular formula is C55H76IN7O15. The zero-order valence-corrected chi connectivity index (χ0v) is 46.6. The van der Waals surface area contributed by atoms with Crippen molar-refractivity contribution in [2.24, 2.45) is 11.7 Å². The van der Waals surface area contributed by atoms with Gasteiger partial charge in [0.1, 0.15) is 60.9 Å². The summed E-state index contributed by atoms with van der Waals surface area (Å²) in [6.45, 7) is 2.29. The van der Waals surface area contributed by atoms with Crippen LogP contribution in [0, 0.1) is 9.49 Å². The Morgan fingerprint density at radius 3 is 1.63 bits per heavy atom. The van der Waals surface area contributed by atoms with Gasteiger partial charge in [0.2, 0.25) is 35.4 Å². The number of esters is 3. The molecule has 2 aromatic carbocycles. The minimum Gasteiger partial charge on any atom is -0.507 e. The maximum absolute atomic E-state index is 14.5. The molecule has 0 radical (unpaired) electrons. The number of carbonyl (C=O) groups is 10. The van der Waals surface area contributed by atoms with Crippen LogP contribution in [-0.2, 0) is 75.1 Å². The molecule has 9 N–H and O–H groups in total. The van der Waals surface area contributed by atoms with Crippen molar-refractivity contribution in [3.63, 3.8) is 0 Å². The van der Waals surface area contributed by atoms with E-state index in [2.05, 4.69) is 31.9 Å². The van der Waals surface area contributed by atoms with Crippen LogP contribution in [-0.4, -0.2) is 120 Å². The molecule has 2 aromatic rings. The molecule has 0 unspecified atom stereocenters. The van der Waals surface area contributed by atoms with E-state index in [1.54, 1.807) is 56.3 Å². The number of phenols is 1. The number of primary amides is 1. The number of alkyl carbamates (subject to hydrolysis) is 1. The average molecular weight is 1200 g/mol. The SMILES string of the molecule is CC(C)[C@H](NC(=O)[C@H](CCC(=O)OC1CCCCC1)NC(=O)[C@H](CC(=O)OC1CCCCC1)NC(=O)OCc1ccccc1)C(=O)N[C@@H](CC(=O)OC1CCCCC1)C(=O)NCC(=O)N[C@@H](Cc1ccc(O)c(I)c1)C(N)=O. The first kappa shape index (κ1) is 62.3. The van der Waals surface area contributed by atoms with Crippen molar-refractivity contribution in [1.29, 1.82) is 0 Å². The second-order valence-electron chi connectivity index (χ2n) is 20.5. The van der Waals surface area contributed by atoms with Gasteiger partial charge in [0, 0.05) is 12.8 Å². The number of carbonyl (C=O) groups excluding carboxylic acids is 10. The number of halogens is 1. The van der Waals surface area contributed by atoms with Crippen molar-refractivity contribution >= 4 is 82.0 Å². The Morgan fingerprint density at radius 1 is 0.590 bits per heavy atom. The monoisotopic (exact) mass is 1200 g/mol. The van der Waals surface area contributed by atoms with Gasteiger partial charge in [-0.25, -0.2) is 4.79 Å². The number of benzene rings is 2. The number of nitrogens with two attached hydrogens (primary N) is 1. The Labute approximate surface area is 468 Å². The van der Waals surface area contributed by atoms with Gasteiger partial charge in [-0.15, -0.1) is 0 Å². The maximum atomic E-state index is 14.5. The Morgan fingerprint density at radius 2 is 1.10 bits per heavy atom. The summed E-state index contributed by atoms with van der Waals surface area (Å²) in [4.78, 5) is 136. The molecule has 78 heavy (non-hydrogen) atoms. The van der Waals surface area contributed by atoms with E-state index in [1.165, 1.54) is 6.07 Å². The molecule has 23 heteroatoms. The first-order valence-corrected chi connectivity index (χ1v) is 28.2. The second kappa shape index (κ2) is 32.4. The fourth-order valence-corrected chi connectivity index (χ4v) is 10.0. The van der Waals surface area contributed by atoms with Gasteiger partial charge in [-0.2, -0.15) is 0 Å². The van der Waals surface area contributed by atoms with Gasteiger partial charge in [-0.05, 0) is 135 Å². The molecule has 5 rings (SSSR count). The fourth-order valence-electron chi connectivity index (χ4n) is 9.45.